The summed E-state index contributed by atoms with van der Waals surface area (Å²) < 4.78 is 36.4. The summed E-state index contributed by atoms with van der Waals surface area (Å²) in [5, 5.41) is 0. The van der Waals surface area contributed by atoms with Crippen molar-refractivity contribution in [3.05, 3.63) is 35.6 Å². The van der Waals surface area contributed by atoms with E-state index in [0.717, 1.165) is 44.6 Å². The fourth-order valence-electron chi connectivity index (χ4n) is 3.87. The van der Waals surface area contributed by atoms with Gasteiger partial charge in [-0.05, 0) is 30.5 Å². The average Bonchev–Trinajstić information content (AvgIpc) is 2.91. The highest BCUT2D eigenvalue weighted by atomic mass is 32.2. The van der Waals surface area contributed by atoms with Crippen molar-refractivity contribution in [3.8, 4) is 0 Å². The van der Waals surface area contributed by atoms with E-state index in [-0.39, 0.29) is 11.9 Å². The van der Waals surface area contributed by atoms with Gasteiger partial charge in [0.25, 0.3) is 0 Å². The molecule has 128 valence electrons. The highest BCUT2D eigenvalue weighted by molar-refractivity contribution is 7.91. The van der Waals surface area contributed by atoms with E-state index in [0.29, 0.717) is 17.5 Å². The van der Waals surface area contributed by atoms with Crippen molar-refractivity contribution in [2.75, 3.05) is 37.7 Å². The minimum absolute atomic E-state index is 0.198. The molecule has 4 nitrogen and oxygen atoms in total. The lowest BCUT2D eigenvalue weighted by molar-refractivity contribution is 0.0734. The molecular formula is C17H25FN2O2S. The topological polar surface area (TPSA) is 40.6 Å². The fraction of sp³-hybridized carbons (Fsp3) is 0.647. The molecule has 2 atom stereocenters. The maximum atomic E-state index is 13.1. The van der Waals surface area contributed by atoms with Crippen LogP contribution in [0.4, 0.5) is 4.39 Å². The normalized spacial score (nSPS) is 27.1. The van der Waals surface area contributed by atoms with Crippen LogP contribution in [0.2, 0.25) is 0 Å². The van der Waals surface area contributed by atoms with E-state index in [1.54, 1.807) is 0 Å². The summed E-state index contributed by atoms with van der Waals surface area (Å²) in [5.74, 6) is 0.462. The van der Waals surface area contributed by atoms with Gasteiger partial charge in [-0.1, -0.05) is 19.1 Å². The zero-order valence-corrected chi connectivity index (χ0v) is 14.4. The third-order valence-electron chi connectivity index (χ3n) is 5.16. The molecule has 0 N–H and O–H groups in total. The van der Waals surface area contributed by atoms with Crippen molar-refractivity contribution in [2.45, 2.75) is 31.8 Å². The van der Waals surface area contributed by atoms with E-state index in [9.17, 15) is 12.8 Å². The van der Waals surface area contributed by atoms with Crippen LogP contribution in [-0.2, 0) is 9.84 Å². The molecule has 23 heavy (non-hydrogen) atoms. The summed E-state index contributed by atoms with van der Waals surface area (Å²) in [6.45, 7) is 5.86. The molecule has 0 radical (unpaired) electrons. The minimum Gasteiger partial charge on any atom is -0.297 e. The molecule has 0 bridgehead atoms. The molecule has 2 saturated heterocycles. The van der Waals surface area contributed by atoms with Crippen molar-refractivity contribution >= 4 is 9.84 Å². The van der Waals surface area contributed by atoms with Gasteiger partial charge in [-0.2, -0.15) is 0 Å². The predicted octanol–water partition coefficient (Wildman–Crippen LogP) is 2.08. The van der Waals surface area contributed by atoms with Crippen molar-refractivity contribution in [3.63, 3.8) is 0 Å². The number of nitrogens with zero attached hydrogens (tertiary/aromatic N) is 2. The van der Waals surface area contributed by atoms with Crippen molar-refractivity contribution < 1.29 is 12.8 Å². The molecule has 6 heteroatoms. The molecule has 1 aromatic carbocycles. The third-order valence-corrected chi connectivity index (χ3v) is 6.91. The first-order valence-electron chi connectivity index (χ1n) is 8.42. The van der Waals surface area contributed by atoms with E-state index in [1.165, 1.54) is 12.1 Å². The Morgan fingerprint density at radius 2 is 1.83 bits per heavy atom. The highest BCUT2D eigenvalue weighted by Gasteiger charge is 2.34. The van der Waals surface area contributed by atoms with E-state index in [4.69, 9.17) is 0 Å². The van der Waals surface area contributed by atoms with Crippen LogP contribution in [0, 0.1) is 5.82 Å². The molecular weight excluding hydrogens is 315 g/mol. The maximum Gasteiger partial charge on any atom is 0.151 e. The Bertz CT molecular complexity index is 624. The summed E-state index contributed by atoms with van der Waals surface area (Å²) in [7, 11) is -2.82. The van der Waals surface area contributed by atoms with Gasteiger partial charge >= 0.3 is 0 Å². The number of rotatable bonds is 4. The molecule has 0 amide bonds. The molecule has 0 unspecified atom stereocenters. The fourth-order valence-corrected chi connectivity index (χ4v) is 5.63. The Morgan fingerprint density at radius 1 is 1.17 bits per heavy atom. The van der Waals surface area contributed by atoms with Crippen molar-refractivity contribution in [1.29, 1.82) is 0 Å². The molecule has 2 aliphatic rings. The Labute approximate surface area is 138 Å². The number of hydrogen-bond acceptors (Lipinski definition) is 4. The van der Waals surface area contributed by atoms with Crippen molar-refractivity contribution in [1.82, 2.24) is 9.80 Å². The first kappa shape index (κ1) is 16.9. The molecule has 2 fully saturated rings. The molecule has 0 saturated carbocycles. The van der Waals surface area contributed by atoms with Gasteiger partial charge in [0.1, 0.15) is 5.82 Å². The number of sulfone groups is 1. The first-order valence-corrected chi connectivity index (χ1v) is 10.2. The molecule has 0 aliphatic carbocycles. The van der Waals surface area contributed by atoms with Crippen LogP contribution in [0.3, 0.4) is 0 Å². The number of halogens is 1. The quantitative estimate of drug-likeness (QED) is 0.841. The van der Waals surface area contributed by atoms with Gasteiger partial charge in [-0.3, -0.25) is 9.80 Å². The van der Waals surface area contributed by atoms with Crippen LogP contribution in [-0.4, -0.2) is 61.9 Å². The maximum absolute atomic E-state index is 13.1. The molecule has 0 spiro atoms. The van der Waals surface area contributed by atoms with Gasteiger partial charge in [0.05, 0.1) is 11.5 Å². The predicted molar refractivity (Wildman–Crippen MR) is 89.6 cm³/mol. The van der Waals surface area contributed by atoms with Crippen LogP contribution >= 0.6 is 0 Å². The Balaban J connectivity index is 1.60. The van der Waals surface area contributed by atoms with Crippen LogP contribution in [0.1, 0.15) is 31.4 Å². The highest BCUT2D eigenvalue weighted by Crippen LogP contribution is 2.27. The van der Waals surface area contributed by atoms with Crippen molar-refractivity contribution in [2.24, 2.45) is 0 Å². The second-order valence-electron chi connectivity index (χ2n) is 6.60. The van der Waals surface area contributed by atoms with Gasteiger partial charge in [-0.25, -0.2) is 12.8 Å². The standard InChI is InChI=1S/C17H25FN2O2S/c1-2-17(14-3-5-15(18)6-4-14)20-10-8-19(9-11-20)16-7-12-23(21,22)13-16/h3-6,16-17H,2,7-13H2,1H3/t16-,17+/m0/s1. The molecule has 3 rings (SSSR count). The third kappa shape index (κ3) is 3.92. The van der Waals surface area contributed by atoms with E-state index in [2.05, 4.69) is 16.7 Å². The molecule has 2 heterocycles. The van der Waals surface area contributed by atoms with Crippen LogP contribution in [0.25, 0.3) is 0 Å². The summed E-state index contributed by atoms with van der Waals surface area (Å²) in [4.78, 5) is 4.77. The SMILES string of the molecule is CC[C@H](c1ccc(F)cc1)N1CCN([C@H]2CCS(=O)(=O)C2)CC1. The zero-order chi connectivity index (χ0) is 16.4. The van der Waals surface area contributed by atoms with Crippen LogP contribution in [0.5, 0.6) is 0 Å². The zero-order valence-electron chi connectivity index (χ0n) is 13.6. The lowest BCUT2D eigenvalue weighted by atomic mass is 10.0. The van der Waals surface area contributed by atoms with Crippen LogP contribution in [0.15, 0.2) is 24.3 Å². The molecule has 0 aromatic heterocycles. The summed E-state index contributed by atoms with van der Waals surface area (Å²) >= 11 is 0. The van der Waals surface area contributed by atoms with Crippen LogP contribution < -0.4 is 0 Å². The molecule has 2 aliphatic heterocycles. The van der Waals surface area contributed by atoms with E-state index >= 15 is 0 Å². The average molecular weight is 340 g/mol. The summed E-state index contributed by atoms with van der Waals surface area (Å²) in [5.41, 5.74) is 1.16. The van der Waals surface area contributed by atoms with Gasteiger partial charge in [0.2, 0.25) is 0 Å². The monoisotopic (exact) mass is 340 g/mol. The second-order valence-corrected chi connectivity index (χ2v) is 8.83. The number of piperazine rings is 1. The Hall–Kier alpha value is -0.980. The van der Waals surface area contributed by atoms with Gasteiger partial charge in [0.15, 0.2) is 9.84 Å². The number of hydrogen-bond donors (Lipinski definition) is 0. The first-order chi connectivity index (χ1) is 11.0. The van der Waals surface area contributed by atoms with E-state index in [1.807, 2.05) is 12.1 Å². The van der Waals surface area contributed by atoms with Gasteiger partial charge in [0, 0.05) is 38.3 Å². The lowest BCUT2D eigenvalue weighted by Crippen LogP contribution is -2.51. The lowest BCUT2D eigenvalue weighted by Gasteiger charge is -2.41. The minimum atomic E-state index is -2.82. The largest absolute Gasteiger partial charge is 0.297 e. The Morgan fingerprint density at radius 3 is 2.35 bits per heavy atom. The Kier molecular flexibility index (Phi) is 5.04. The second kappa shape index (κ2) is 6.87. The molecule has 1 aromatic rings. The van der Waals surface area contributed by atoms with Gasteiger partial charge in [-0.15, -0.1) is 0 Å². The summed E-state index contributed by atoms with van der Waals surface area (Å²) in [6.07, 6.45) is 1.76. The van der Waals surface area contributed by atoms with Gasteiger partial charge < -0.3 is 0 Å². The van der Waals surface area contributed by atoms with E-state index < -0.39 is 9.84 Å². The number of benzene rings is 1. The smallest absolute Gasteiger partial charge is 0.151 e. The summed E-state index contributed by atoms with van der Waals surface area (Å²) in [6, 6.07) is 7.31.